The van der Waals surface area contributed by atoms with Gasteiger partial charge in [-0.1, -0.05) is 6.07 Å². The van der Waals surface area contributed by atoms with Gasteiger partial charge in [0, 0.05) is 24.7 Å². The van der Waals surface area contributed by atoms with Crippen LogP contribution in [0.3, 0.4) is 0 Å². The van der Waals surface area contributed by atoms with Crippen LogP contribution in [0.4, 0.5) is 10.1 Å². The molecule has 1 amide bonds. The Hall–Kier alpha value is -2.25. The molecule has 3 rings (SSSR count). The summed E-state index contributed by atoms with van der Waals surface area (Å²) < 4.78 is 39.7. The zero-order valence-electron chi connectivity index (χ0n) is 15.4. The number of sulfonamides is 1. The van der Waals surface area contributed by atoms with Crippen molar-refractivity contribution in [3.05, 3.63) is 59.4 Å². The van der Waals surface area contributed by atoms with Crippen LogP contribution in [0.25, 0.3) is 0 Å². The number of hydrogen-bond acceptors (Lipinski definition) is 3. The second-order valence-corrected chi connectivity index (χ2v) is 8.86. The summed E-state index contributed by atoms with van der Waals surface area (Å²) in [6, 6.07) is 10.6. The molecule has 2 aromatic carbocycles. The van der Waals surface area contributed by atoms with E-state index in [4.69, 9.17) is 0 Å². The lowest BCUT2D eigenvalue weighted by molar-refractivity contribution is -0.120. The Labute approximate surface area is 159 Å². The number of benzene rings is 2. The minimum atomic E-state index is -3.66. The van der Waals surface area contributed by atoms with E-state index in [9.17, 15) is 17.6 Å². The number of rotatable bonds is 4. The lowest BCUT2D eigenvalue weighted by Gasteiger charge is -2.30. The van der Waals surface area contributed by atoms with Crippen molar-refractivity contribution in [1.82, 2.24) is 4.31 Å². The Morgan fingerprint density at radius 3 is 2.26 bits per heavy atom. The third-order valence-corrected chi connectivity index (χ3v) is 6.96. The minimum absolute atomic E-state index is 0.0712. The van der Waals surface area contributed by atoms with E-state index in [0.717, 1.165) is 28.9 Å². The third-order valence-electron chi connectivity index (χ3n) is 5.05. The summed E-state index contributed by atoms with van der Waals surface area (Å²) >= 11 is 0. The van der Waals surface area contributed by atoms with Crippen molar-refractivity contribution in [3.8, 4) is 0 Å². The molecule has 0 saturated carbocycles. The third kappa shape index (κ3) is 4.36. The van der Waals surface area contributed by atoms with Crippen molar-refractivity contribution in [2.75, 3.05) is 18.4 Å². The number of nitrogens with one attached hydrogen (secondary N) is 1. The number of nitrogens with zero attached hydrogens (tertiary/aromatic N) is 1. The normalized spacial score (nSPS) is 16.3. The molecular weight excluding hydrogens is 367 g/mol. The summed E-state index contributed by atoms with van der Waals surface area (Å²) in [6.07, 6.45) is 0.911. The maximum Gasteiger partial charge on any atom is 0.243 e. The zero-order chi connectivity index (χ0) is 19.6. The van der Waals surface area contributed by atoms with Gasteiger partial charge in [0.15, 0.2) is 0 Å². The van der Waals surface area contributed by atoms with Gasteiger partial charge in [-0.3, -0.25) is 4.79 Å². The van der Waals surface area contributed by atoms with Crippen LogP contribution in [-0.2, 0) is 14.8 Å². The Bertz CT molecular complexity index is 934. The zero-order valence-corrected chi connectivity index (χ0v) is 16.2. The predicted molar refractivity (Wildman–Crippen MR) is 102 cm³/mol. The second-order valence-electron chi connectivity index (χ2n) is 6.92. The highest BCUT2D eigenvalue weighted by Gasteiger charge is 2.32. The molecule has 0 unspecified atom stereocenters. The summed E-state index contributed by atoms with van der Waals surface area (Å²) in [6.45, 7) is 4.54. The summed E-state index contributed by atoms with van der Waals surface area (Å²) in [5.74, 6) is -0.793. The largest absolute Gasteiger partial charge is 0.326 e. The topological polar surface area (TPSA) is 66.5 Å². The van der Waals surface area contributed by atoms with E-state index in [1.165, 1.54) is 16.4 Å². The lowest BCUT2D eigenvalue weighted by atomic mass is 9.97. The monoisotopic (exact) mass is 390 g/mol. The van der Waals surface area contributed by atoms with Gasteiger partial charge >= 0.3 is 0 Å². The minimum Gasteiger partial charge on any atom is -0.326 e. The molecule has 1 heterocycles. The average molecular weight is 390 g/mol. The highest BCUT2D eigenvalue weighted by molar-refractivity contribution is 7.89. The van der Waals surface area contributed by atoms with E-state index in [1.807, 2.05) is 32.0 Å². The number of piperidine rings is 1. The molecule has 144 valence electrons. The van der Waals surface area contributed by atoms with Gasteiger partial charge in [0.1, 0.15) is 5.82 Å². The van der Waals surface area contributed by atoms with E-state index < -0.39 is 15.8 Å². The van der Waals surface area contributed by atoms with Crippen LogP contribution in [0.2, 0.25) is 0 Å². The maximum atomic E-state index is 13.0. The number of anilines is 1. The Kier molecular flexibility index (Phi) is 5.62. The van der Waals surface area contributed by atoms with Crippen LogP contribution >= 0.6 is 0 Å². The molecule has 0 bridgehead atoms. The van der Waals surface area contributed by atoms with Crippen molar-refractivity contribution >= 4 is 21.6 Å². The smallest absolute Gasteiger partial charge is 0.243 e. The van der Waals surface area contributed by atoms with Crippen LogP contribution in [-0.4, -0.2) is 31.7 Å². The predicted octanol–water partition coefficient (Wildman–Crippen LogP) is 3.48. The SMILES string of the molecule is Cc1ccc(NC(=O)C2CCN(S(=O)(=O)c3ccc(F)cc3)CC2)cc1C. The first kappa shape index (κ1) is 19.5. The molecule has 1 aliphatic heterocycles. The first-order chi connectivity index (χ1) is 12.8. The number of carbonyl (C=O) groups excluding carboxylic acids is 1. The Balaban J connectivity index is 1.61. The van der Waals surface area contributed by atoms with Crippen LogP contribution in [0.5, 0.6) is 0 Å². The lowest BCUT2D eigenvalue weighted by Crippen LogP contribution is -2.41. The Morgan fingerprint density at radius 2 is 1.67 bits per heavy atom. The van der Waals surface area contributed by atoms with Gasteiger partial charge in [-0.25, -0.2) is 12.8 Å². The number of carbonyl (C=O) groups is 1. The maximum absolute atomic E-state index is 13.0. The van der Waals surface area contributed by atoms with E-state index in [-0.39, 0.29) is 29.8 Å². The van der Waals surface area contributed by atoms with Gasteiger partial charge in [0.2, 0.25) is 15.9 Å². The van der Waals surface area contributed by atoms with E-state index in [1.54, 1.807) is 0 Å². The van der Waals surface area contributed by atoms with Gasteiger partial charge in [0.25, 0.3) is 0 Å². The quantitative estimate of drug-likeness (QED) is 0.869. The van der Waals surface area contributed by atoms with Gasteiger partial charge in [0.05, 0.1) is 4.90 Å². The van der Waals surface area contributed by atoms with Gasteiger partial charge in [-0.15, -0.1) is 0 Å². The molecule has 2 aromatic rings. The summed E-state index contributed by atoms with van der Waals surface area (Å²) in [4.78, 5) is 12.6. The van der Waals surface area contributed by atoms with Gasteiger partial charge in [-0.2, -0.15) is 4.31 Å². The first-order valence-corrected chi connectivity index (χ1v) is 10.4. The number of halogens is 1. The standard InChI is InChI=1S/C20H23FN2O3S/c1-14-3-6-18(13-15(14)2)22-20(24)16-9-11-23(12-10-16)27(25,26)19-7-4-17(21)5-8-19/h3-8,13,16H,9-12H2,1-2H3,(H,22,24). The van der Waals surface area contributed by atoms with Crippen LogP contribution in [0.15, 0.2) is 47.4 Å². The van der Waals surface area contributed by atoms with E-state index in [0.29, 0.717) is 12.8 Å². The highest BCUT2D eigenvalue weighted by atomic mass is 32.2. The molecule has 0 aromatic heterocycles. The van der Waals surface area contributed by atoms with Crippen molar-refractivity contribution in [1.29, 1.82) is 0 Å². The molecule has 1 aliphatic rings. The summed E-state index contributed by atoms with van der Waals surface area (Å²) in [7, 11) is -3.66. The summed E-state index contributed by atoms with van der Waals surface area (Å²) in [5.41, 5.74) is 3.02. The molecular formula is C20H23FN2O3S. The molecule has 0 atom stereocenters. The van der Waals surface area contributed by atoms with Crippen molar-refractivity contribution < 1.29 is 17.6 Å². The fourth-order valence-electron chi connectivity index (χ4n) is 3.18. The molecule has 0 spiro atoms. The molecule has 0 aliphatic carbocycles. The molecule has 5 nitrogen and oxygen atoms in total. The second kappa shape index (κ2) is 7.78. The number of hydrogen-bond donors (Lipinski definition) is 1. The average Bonchev–Trinajstić information content (AvgIpc) is 2.65. The summed E-state index contributed by atoms with van der Waals surface area (Å²) in [5, 5.41) is 2.92. The first-order valence-electron chi connectivity index (χ1n) is 8.91. The fraction of sp³-hybridized carbons (Fsp3) is 0.350. The Morgan fingerprint density at radius 1 is 1.04 bits per heavy atom. The highest BCUT2D eigenvalue weighted by Crippen LogP contribution is 2.25. The molecule has 1 N–H and O–H groups in total. The molecule has 1 saturated heterocycles. The molecule has 0 radical (unpaired) electrons. The molecule has 7 heteroatoms. The van der Waals surface area contributed by atoms with E-state index >= 15 is 0 Å². The molecule has 27 heavy (non-hydrogen) atoms. The molecule has 1 fully saturated rings. The van der Waals surface area contributed by atoms with E-state index in [2.05, 4.69) is 5.32 Å². The van der Waals surface area contributed by atoms with Gasteiger partial charge in [-0.05, 0) is 74.2 Å². The van der Waals surface area contributed by atoms with Crippen molar-refractivity contribution in [3.63, 3.8) is 0 Å². The van der Waals surface area contributed by atoms with Crippen LogP contribution < -0.4 is 5.32 Å². The fourth-order valence-corrected chi connectivity index (χ4v) is 4.65. The van der Waals surface area contributed by atoms with Crippen molar-refractivity contribution in [2.24, 2.45) is 5.92 Å². The number of amides is 1. The van der Waals surface area contributed by atoms with Gasteiger partial charge < -0.3 is 5.32 Å². The van der Waals surface area contributed by atoms with Crippen LogP contribution in [0, 0.1) is 25.6 Å². The van der Waals surface area contributed by atoms with Crippen LogP contribution in [0.1, 0.15) is 24.0 Å². The van der Waals surface area contributed by atoms with Crippen molar-refractivity contribution in [2.45, 2.75) is 31.6 Å². The number of aryl methyl sites for hydroxylation is 2.